The fraction of sp³-hybridized carbons (Fsp3) is 0.467. The van der Waals surface area contributed by atoms with Crippen molar-refractivity contribution in [1.29, 1.82) is 0 Å². The molecule has 1 unspecified atom stereocenters. The number of nitrogens with one attached hydrogen (secondary N) is 4. The number of amides is 3. The monoisotopic (exact) mass is 517 g/mol. The van der Waals surface area contributed by atoms with Crippen LogP contribution in [0, 0.1) is 5.92 Å². The zero-order chi connectivity index (χ0) is 26.3. The number of hydrogen-bond donors (Lipinski definition) is 4. The third-order valence-corrected chi connectivity index (χ3v) is 7.67. The molecule has 202 valence electrons. The molecule has 2 aromatic carbocycles. The van der Waals surface area contributed by atoms with Crippen molar-refractivity contribution in [3.63, 3.8) is 0 Å². The third-order valence-electron chi connectivity index (χ3n) is 7.67. The number of ether oxygens (including phenoxy) is 1. The number of benzene rings is 2. The summed E-state index contributed by atoms with van der Waals surface area (Å²) in [5.41, 5.74) is 3.32. The van der Waals surface area contributed by atoms with Gasteiger partial charge in [0.15, 0.2) is 0 Å². The van der Waals surface area contributed by atoms with Crippen molar-refractivity contribution in [2.45, 2.75) is 56.8 Å². The van der Waals surface area contributed by atoms with E-state index >= 15 is 0 Å². The van der Waals surface area contributed by atoms with Crippen molar-refractivity contribution in [3.05, 3.63) is 71.9 Å². The molecule has 3 amide bonds. The Hall–Kier alpha value is -3.36. The molecule has 2 heterocycles. The van der Waals surface area contributed by atoms with Crippen LogP contribution >= 0.6 is 0 Å². The predicted molar refractivity (Wildman–Crippen MR) is 149 cm³/mol. The summed E-state index contributed by atoms with van der Waals surface area (Å²) in [6.45, 7) is 2.43. The number of carbonyl (C=O) groups excluding carboxylic acids is 2. The van der Waals surface area contributed by atoms with Gasteiger partial charge in [-0.25, -0.2) is 4.79 Å². The largest absolute Gasteiger partial charge is 0.385 e. The normalized spacial score (nSPS) is 20.1. The molecule has 2 aliphatic rings. The minimum Gasteiger partial charge on any atom is -0.385 e. The number of hydrogen-bond acceptors (Lipinski definition) is 4. The van der Waals surface area contributed by atoms with Crippen LogP contribution in [0.2, 0.25) is 0 Å². The molecule has 1 saturated heterocycles. The summed E-state index contributed by atoms with van der Waals surface area (Å²) < 4.78 is 5.36. The summed E-state index contributed by atoms with van der Waals surface area (Å²) in [6, 6.07) is 18.1. The van der Waals surface area contributed by atoms with E-state index in [1.807, 2.05) is 36.4 Å². The van der Waals surface area contributed by atoms with E-state index in [0.717, 1.165) is 36.8 Å². The van der Waals surface area contributed by atoms with E-state index in [9.17, 15) is 9.59 Å². The maximum Gasteiger partial charge on any atom is 0.315 e. The number of rotatable bonds is 11. The van der Waals surface area contributed by atoms with E-state index < -0.39 is 0 Å². The summed E-state index contributed by atoms with van der Waals surface area (Å²) in [5.74, 6) is 0.00259. The topological polar surface area (TPSA) is 98.5 Å². The van der Waals surface area contributed by atoms with Gasteiger partial charge >= 0.3 is 6.03 Å². The number of methoxy groups -OCH3 is 1. The van der Waals surface area contributed by atoms with Crippen molar-refractivity contribution >= 4 is 22.8 Å². The molecule has 3 aromatic rings. The van der Waals surface area contributed by atoms with Gasteiger partial charge in [0.2, 0.25) is 5.91 Å². The number of nitrogens with zero attached hydrogens (tertiary/aromatic N) is 1. The summed E-state index contributed by atoms with van der Waals surface area (Å²) in [6.07, 6.45) is 6.52. The molecular formula is C30H39N5O3. The van der Waals surface area contributed by atoms with Gasteiger partial charge in [-0.1, -0.05) is 48.5 Å². The van der Waals surface area contributed by atoms with Crippen molar-refractivity contribution in [2.75, 3.05) is 26.8 Å². The van der Waals surface area contributed by atoms with Gasteiger partial charge in [-0.3, -0.25) is 4.79 Å². The summed E-state index contributed by atoms with van der Waals surface area (Å²) in [4.78, 5) is 32.3. The molecule has 1 saturated carbocycles. The fourth-order valence-electron chi connectivity index (χ4n) is 5.64. The molecule has 0 spiro atoms. The Bertz CT molecular complexity index is 1210. The zero-order valence-electron chi connectivity index (χ0n) is 22.1. The van der Waals surface area contributed by atoms with Gasteiger partial charge in [0, 0.05) is 62.5 Å². The minimum atomic E-state index is -0.205. The Kier molecular flexibility index (Phi) is 8.61. The number of para-hydroxylation sites is 1. The highest BCUT2D eigenvalue weighted by molar-refractivity contribution is 5.86. The molecule has 5 rings (SSSR count). The lowest BCUT2D eigenvalue weighted by atomic mass is 9.92. The molecule has 38 heavy (non-hydrogen) atoms. The Balaban J connectivity index is 1.28. The highest BCUT2D eigenvalue weighted by Crippen LogP contribution is 2.40. The van der Waals surface area contributed by atoms with E-state index in [1.54, 1.807) is 7.11 Å². The number of fused-ring (bicyclic) bond motifs is 1. The number of H-pyrrole nitrogens is 1. The Morgan fingerprint density at radius 1 is 1.08 bits per heavy atom. The van der Waals surface area contributed by atoms with Crippen LogP contribution in [0.15, 0.2) is 60.8 Å². The van der Waals surface area contributed by atoms with Gasteiger partial charge in [-0.2, -0.15) is 0 Å². The third kappa shape index (κ3) is 6.37. The molecule has 4 N–H and O–H groups in total. The first-order chi connectivity index (χ1) is 18.6. The maximum absolute atomic E-state index is 14.1. The van der Waals surface area contributed by atoms with Crippen LogP contribution in [0.1, 0.15) is 49.3 Å². The van der Waals surface area contributed by atoms with E-state index in [2.05, 4.69) is 50.2 Å². The van der Waals surface area contributed by atoms with E-state index in [-0.39, 0.29) is 36.0 Å². The SMILES string of the molecule is COCCCC(c1c[nH]c2ccccc12)N(C(=O)[C@@H]1CNC[C@@H](NC(=O)NCc2ccccc2)C1)C1CC1. The second-order valence-electron chi connectivity index (χ2n) is 10.5. The summed E-state index contributed by atoms with van der Waals surface area (Å²) in [5, 5.41) is 10.6. The zero-order valence-corrected chi connectivity index (χ0v) is 22.1. The molecular weight excluding hydrogens is 478 g/mol. The number of aromatic nitrogens is 1. The van der Waals surface area contributed by atoms with Crippen molar-refractivity contribution in [3.8, 4) is 0 Å². The first kappa shape index (κ1) is 26.3. The van der Waals surface area contributed by atoms with Crippen LogP contribution in [-0.4, -0.2) is 60.7 Å². The van der Waals surface area contributed by atoms with Gasteiger partial charge in [-0.05, 0) is 49.3 Å². The van der Waals surface area contributed by atoms with Gasteiger partial charge in [0.05, 0.1) is 12.0 Å². The average molecular weight is 518 g/mol. The molecule has 0 bridgehead atoms. The second kappa shape index (κ2) is 12.5. The second-order valence-corrected chi connectivity index (χ2v) is 10.5. The number of piperidine rings is 1. The Morgan fingerprint density at radius 2 is 1.87 bits per heavy atom. The van der Waals surface area contributed by atoms with Gasteiger partial charge in [0.1, 0.15) is 0 Å². The van der Waals surface area contributed by atoms with Crippen LogP contribution < -0.4 is 16.0 Å². The quantitative estimate of drug-likeness (QED) is 0.288. The average Bonchev–Trinajstić information content (AvgIpc) is 3.69. The van der Waals surface area contributed by atoms with Gasteiger partial charge in [-0.15, -0.1) is 0 Å². The van der Waals surface area contributed by atoms with Gasteiger partial charge in [0.25, 0.3) is 0 Å². The van der Waals surface area contributed by atoms with Crippen molar-refractivity contribution in [1.82, 2.24) is 25.8 Å². The molecule has 8 nitrogen and oxygen atoms in total. The fourth-order valence-corrected chi connectivity index (χ4v) is 5.64. The van der Waals surface area contributed by atoms with Crippen LogP contribution in [0.4, 0.5) is 4.79 Å². The van der Waals surface area contributed by atoms with E-state index in [1.165, 1.54) is 10.9 Å². The minimum absolute atomic E-state index is 0.0104. The molecule has 0 radical (unpaired) electrons. The highest BCUT2D eigenvalue weighted by Gasteiger charge is 2.42. The standard InChI is InChI=1S/C30H39N5O3/c1-38-15-7-12-28(26-20-32-27-11-6-5-10-25(26)27)35(24-13-14-24)29(36)22-16-23(19-31-18-22)34-30(37)33-17-21-8-3-2-4-9-21/h2-6,8-11,20,22-24,28,31-32H,7,12-19H2,1H3,(H2,33,34,37)/t22-,23-,28?/m0/s1. The molecule has 1 aromatic heterocycles. The maximum atomic E-state index is 14.1. The Morgan fingerprint density at radius 3 is 2.66 bits per heavy atom. The Labute approximate surface area is 224 Å². The first-order valence-electron chi connectivity index (χ1n) is 13.8. The molecule has 1 aliphatic heterocycles. The highest BCUT2D eigenvalue weighted by atomic mass is 16.5. The van der Waals surface area contributed by atoms with Gasteiger partial charge < -0.3 is 30.6 Å². The molecule has 3 atom stereocenters. The lowest BCUT2D eigenvalue weighted by molar-refractivity contribution is -0.140. The number of aromatic amines is 1. The van der Waals surface area contributed by atoms with Crippen LogP contribution in [0.5, 0.6) is 0 Å². The predicted octanol–water partition coefficient (Wildman–Crippen LogP) is 4.10. The lowest BCUT2D eigenvalue weighted by Crippen LogP contribution is -2.54. The van der Waals surface area contributed by atoms with E-state index in [4.69, 9.17) is 4.74 Å². The van der Waals surface area contributed by atoms with Crippen molar-refractivity contribution in [2.24, 2.45) is 5.92 Å². The molecule has 2 fully saturated rings. The van der Waals surface area contributed by atoms with Crippen molar-refractivity contribution < 1.29 is 14.3 Å². The van der Waals surface area contributed by atoms with Crippen LogP contribution in [0.25, 0.3) is 10.9 Å². The lowest BCUT2D eigenvalue weighted by Gasteiger charge is -2.38. The number of carbonyl (C=O) groups is 2. The molecule has 1 aliphatic carbocycles. The van der Waals surface area contributed by atoms with Crippen LogP contribution in [-0.2, 0) is 16.1 Å². The summed E-state index contributed by atoms with van der Waals surface area (Å²) in [7, 11) is 1.72. The van der Waals surface area contributed by atoms with E-state index in [0.29, 0.717) is 32.7 Å². The smallest absolute Gasteiger partial charge is 0.315 e. The van der Waals surface area contributed by atoms with Crippen LogP contribution in [0.3, 0.4) is 0 Å². The number of urea groups is 1. The molecule has 8 heteroatoms. The summed E-state index contributed by atoms with van der Waals surface area (Å²) >= 11 is 0. The first-order valence-corrected chi connectivity index (χ1v) is 13.8.